The molecular weight excluding hydrogens is 364 g/mol. The molecule has 0 bridgehead atoms. The second-order valence-electron chi connectivity index (χ2n) is 6.36. The van der Waals surface area contributed by atoms with Crippen LogP contribution in [0.15, 0.2) is 60.9 Å². The third kappa shape index (κ3) is 4.68. The molecule has 144 valence electrons. The molecule has 0 saturated heterocycles. The first-order valence-electron chi connectivity index (χ1n) is 8.73. The number of amides is 1. The quantitative estimate of drug-likeness (QED) is 0.634. The second kappa shape index (κ2) is 8.56. The molecule has 28 heavy (non-hydrogen) atoms. The van der Waals surface area contributed by atoms with Crippen LogP contribution in [-0.2, 0) is 6.54 Å². The number of nitrogens with zero attached hydrogens (tertiary/aromatic N) is 3. The van der Waals surface area contributed by atoms with Crippen molar-refractivity contribution in [1.82, 2.24) is 9.97 Å². The standard InChI is InChI=1S/C21H19F2N3O2/c1-14(2)28-20-9-6-15(12-25-20)21(27)26(13-17-5-3-4-10-24-17)19-8-7-16(22)11-18(19)23/h3-12,14H,13H2,1-2H3. The van der Waals surface area contributed by atoms with Crippen molar-refractivity contribution in [2.24, 2.45) is 0 Å². The molecule has 0 aliphatic carbocycles. The van der Waals surface area contributed by atoms with Crippen LogP contribution in [0.25, 0.3) is 0 Å². The van der Waals surface area contributed by atoms with E-state index in [2.05, 4.69) is 9.97 Å². The number of anilines is 1. The molecule has 0 aliphatic rings. The summed E-state index contributed by atoms with van der Waals surface area (Å²) in [5, 5.41) is 0. The van der Waals surface area contributed by atoms with Crippen LogP contribution in [0.2, 0.25) is 0 Å². The number of carbonyl (C=O) groups is 1. The summed E-state index contributed by atoms with van der Waals surface area (Å²) in [5.74, 6) is -1.66. The highest BCUT2D eigenvalue weighted by atomic mass is 19.1. The number of ether oxygens (including phenoxy) is 1. The van der Waals surface area contributed by atoms with Crippen molar-refractivity contribution in [3.05, 3.63) is 83.8 Å². The van der Waals surface area contributed by atoms with Crippen molar-refractivity contribution in [3.63, 3.8) is 0 Å². The lowest BCUT2D eigenvalue weighted by molar-refractivity contribution is 0.0983. The smallest absolute Gasteiger partial charge is 0.260 e. The van der Waals surface area contributed by atoms with Gasteiger partial charge in [0.2, 0.25) is 5.88 Å². The minimum atomic E-state index is -0.836. The topological polar surface area (TPSA) is 55.3 Å². The summed E-state index contributed by atoms with van der Waals surface area (Å²) in [6.07, 6.45) is 2.90. The summed E-state index contributed by atoms with van der Waals surface area (Å²) < 4.78 is 33.2. The predicted octanol–water partition coefficient (Wildman–Crippen LogP) is 4.39. The van der Waals surface area contributed by atoms with E-state index in [1.54, 1.807) is 36.5 Å². The second-order valence-corrected chi connectivity index (χ2v) is 6.36. The van der Waals surface area contributed by atoms with Gasteiger partial charge in [-0.1, -0.05) is 6.07 Å². The Bertz CT molecular complexity index is 948. The first kappa shape index (κ1) is 19.4. The molecule has 1 aromatic carbocycles. The van der Waals surface area contributed by atoms with Crippen LogP contribution in [-0.4, -0.2) is 22.0 Å². The molecule has 2 heterocycles. The van der Waals surface area contributed by atoms with Crippen molar-refractivity contribution in [2.45, 2.75) is 26.5 Å². The molecule has 0 spiro atoms. The molecule has 1 amide bonds. The summed E-state index contributed by atoms with van der Waals surface area (Å²) in [7, 11) is 0. The van der Waals surface area contributed by atoms with Crippen molar-refractivity contribution in [1.29, 1.82) is 0 Å². The van der Waals surface area contributed by atoms with Crippen molar-refractivity contribution in [3.8, 4) is 5.88 Å². The van der Waals surface area contributed by atoms with Gasteiger partial charge in [-0.15, -0.1) is 0 Å². The molecule has 3 rings (SSSR count). The van der Waals surface area contributed by atoms with E-state index in [1.165, 1.54) is 17.2 Å². The maximum atomic E-state index is 14.4. The molecule has 0 saturated carbocycles. The molecular formula is C21H19F2N3O2. The maximum Gasteiger partial charge on any atom is 0.260 e. The fraction of sp³-hybridized carbons (Fsp3) is 0.190. The van der Waals surface area contributed by atoms with Gasteiger partial charge in [-0.05, 0) is 44.2 Å². The van der Waals surface area contributed by atoms with Crippen LogP contribution in [0.1, 0.15) is 29.9 Å². The summed E-state index contributed by atoms with van der Waals surface area (Å²) in [4.78, 5) is 22.6. The highest BCUT2D eigenvalue weighted by Gasteiger charge is 2.22. The van der Waals surface area contributed by atoms with Gasteiger partial charge in [0.15, 0.2) is 0 Å². The molecule has 0 fully saturated rings. The fourth-order valence-corrected chi connectivity index (χ4v) is 2.59. The molecule has 2 aromatic heterocycles. The van der Waals surface area contributed by atoms with E-state index < -0.39 is 17.5 Å². The zero-order valence-electron chi connectivity index (χ0n) is 15.5. The average molecular weight is 383 g/mol. The normalized spacial score (nSPS) is 10.8. The molecule has 5 nitrogen and oxygen atoms in total. The van der Waals surface area contributed by atoms with E-state index in [1.807, 2.05) is 13.8 Å². The van der Waals surface area contributed by atoms with E-state index in [9.17, 15) is 13.6 Å². The van der Waals surface area contributed by atoms with Gasteiger partial charge in [0.25, 0.3) is 5.91 Å². The predicted molar refractivity (Wildman–Crippen MR) is 101 cm³/mol. The van der Waals surface area contributed by atoms with Gasteiger partial charge in [0, 0.05) is 24.5 Å². The molecule has 7 heteroatoms. The lowest BCUT2D eigenvalue weighted by atomic mass is 10.2. The highest BCUT2D eigenvalue weighted by molar-refractivity contribution is 6.05. The van der Waals surface area contributed by atoms with Crippen LogP contribution < -0.4 is 9.64 Å². The molecule has 3 aromatic rings. The molecule has 0 unspecified atom stereocenters. The summed E-state index contributed by atoms with van der Waals surface area (Å²) >= 11 is 0. The van der Waals surface area contributed by atoms with Crippen LogP contribution in [0.5, 0.6) is 5.88 Å². The summed E-state index contributed by atoms with van der Waals surface area (Å²) in [6.45, 7) is 3.76. The van der Waals surface area contributed by atoms with Crippen molar-refractivity contribution < 1.29 is 18.3 Å². The van der Waals surface area contributed by atoms with E-state index in [4.69, 9.17) is 4.74 Å². The van der Waals surface area contributed by atoms with Crippen molar-refractivity contribution >= 4 is 11.6 Å². The Kier molecular flexibility index (Phi) is 5.93. The van der Waals surface area contributed by atoms with Gasteiger partial charge in [-0.25, -0.2) is 13.8 Å². The number of pyridine rings is 2. The maximum absolute atomic E-state index is 14.4. The number of halogens is 2. The number of hydrogen-bond donors (Lipinski definition) is 0. The van der Waals surface area contributed by atoms with Gasteiger partial charge in [-0.3, -0.25) is 14.7 Å². The molecule has 0 atom stereocenters. The van der Waals surface area contributed by atoms with Gasteiger partial charge < -0.3 is 4.74 Å². The third-order valence-corrected chi connectivity index (χ3v) is 3.83. The first-order chi connectivity index (χ1) is 13.4. The lowest BCUT2D eigenvalue weighted by Gasteiger charge is -2.23. The number of hydrogen-bond acceptors (Lipinski definition) is 4. The zero-order chi connectivity index (χ0) is 20.1. The molecule has 0 radical (unpaired) electrons. The van der Waals surface area contributed by atoms with E-state index in [0.29, 0.717) is 11.6 Å². The third-order valence-electron chi connectivity index (χ3n) is 3.83. The lowest BCUT2D eigenvalue weighted by Crippen LogP contribution is -2.31. The first-order valence-corrected chi connectivity index (χ1v) is 8.73. The Morgan fingerprint density at radius 1 is 1.11 bits per heavy atom. The molecule has 0 N–H and O–H groups in total. The van der Waals surface area contributed by atoms with Crippen molar-refractivity contribution in [2.75, 3.05) is 4.90 Å². The Morgan fingerprint density at radius 3 is 2.54 bits per heavy atom. The van der Waals surface area contributed by atoms with Crippen LogP contribution >= 0.6 is 0 Å². The Labute approximate surface area is 161 Å². The zero-order valence-corrected chi connectivity index (χ0v) is 15.5. The van der Waals surface area contributed by atoms with Gasteiger partial charge in [0.1, 0.15) is 11.6 Å². The minimum Gasteiger partial charge on any atom is -0.475 e. The summed E-state index contributed by atoms with van der Waals surface area (Å²) in [6, 6.07) is 11.4. The number of aromatic nitrogens is 2. The van der Waals surface area contributed by atoms with E-state index >= 15 is 0 Å². The SMILES string of the molecule is CC(C)Oc1ccc(C(=O)N(Cc2ccccn2)c2ccc(F)cc2F)cn1. The largest absolute Gasteiger partial charge is 0.475 e. The van der Waals surface area contributed by atoms with E-state index in [0.717, 1.165) is 12.1 Å². The van der Waals surface area contributed by atoms with Crippen LogP contribution in [0.4, 0.5) is 14.5 Å². The molecule has 0 aliphatic heterocycles. The Morgan fingerprint density at radius 2 is 1.93 bits per heavy atom. The average Bonchev–Trinajstić information content (AvgIpc) is 2.67. The number of carbonyl (C=O) groups excluding carboxylic acids is 1. The van der Waals surface area contributed by atoms with Gasteiger partial charge >= 0.3 is 0 Å². The Hall–Kier alpha value is -3.35. The van der Waals surface area contributed by atoms with Crippen LogP contribution in [0, 0.1) is 11.6 Å². The fourth-order valence-electron chi connectivity index (χ4n) is 2.59. The minimum absolute atomic E-state index is 0.0203. The summed E-state index contributed by atoms with van der Waals surface area (Å²) in [5.41, 5.74) is 0.766. The van der Waals surface area contributed by atoms with Crippen LogP contribution in [0.3, 0.4) is 0 Å². The Balaban J connectivity index is 1.94. The van der Waals surface area contributed by atoms with Gasteiger partial charge in [-0.2, -0.15) is 0 Å². The van der Waals surface area contributed by atoms with Gasteiger partial charge in [0.05, 0.1) is 29.6 Å². The number of rotatable bonds is 6. The monoisotopic (exact) mass is 383 g/mol. The van der Waals surface area contributed by atoms with E-state index in [-0.39, 0.29) is 23.9 Å². The number of benzene rings is 1. The highest BCUT2D eigenvalue weighted by Crippen LogP contribution is 2.24.